The lowest BCUT2D eigenvalue weighted by molar-refractivity contribution is 0.0698. The summed E-state index contributed by atoms with van der Waals surface area (Å²) in [5, 5.41) is 9.34. The third-order valence-electron chi connectivity index (χ3n) is 3.37. The summed E-state index contributed by atoms with van der Waals surface area (Å²) in [5.41, 5.74) is 1.81. The van der Waals surface area contributed by atoms with Crippen molar-refractivity contribution in [1.29, 1.82) is 0 Å². The fourth-order valence-electron chi connectivity index (χ4n) is 2.43. The molecule has 0 atom stereocenters. The van der Waals surface area contributed by atoms with Crippen molar-refractivity contribution < 1.29 is 14.6 Å². The lowest BCUT2D eigenvalue weighted by atomic mass is 10.2. The minimum absolute atomic E-state index is 0.321. The van der Waals surface area contributed by atoms with E-state index in [1.54, 1.807) is 19.2 Å². The van der Waals surface area contributed by atoms with Crippen LogP contribution in [0.15, 0.2) is 18.2 Å². The first-order valence-electron chi connectivity index (χ1n) is 6.89. The number of aromatic nitrogens is 2. The molecule has 20 heavy (non-hydrogen) atoms. The van der Waals surface area contributed by atoms with Gasteiger partial charge >= 0.3 is 5.97 Å². The topological polar surface area (TPSA) is 64.3 Å². The van der Waals surface area contributed by atoms with Crippen molar-refractivity contribution in [2.24, 2.45) is 0 Å². The highest BCUT2D eigenvalue weighted by Crippen LogP contribution is 2.22. The normalized spacial score (nSPS) is 11.1. The third kappa shape index (κ3) is 2.82. The predicted octanol–water partition coefficient (Wildman–Crippen LogP) is 2.72. The van der Waals surface area contributed by atoms with Gasteiger partial charge in [0.05, 0.1) is 16.6 Å². The highest BCUT2D eigenvalue weighted by Gasteiger charge is 2.16. The van der Waals surface area contributed by atoms with Crippen LogP contribution in [0.2, 0.25) is 0 Å². The number of rotatable bonds is 7. The number of carboxylic acid groups (broad SMARTS) is 1. The van der Waals surface area contributed by atoms with Crippen LogP contribution in [-0.4, -0.2) is 34.3 Å². The number of para-hydroxylation sites is 1. The van der Waals surface area contributed by atoms with Gasteiger partial charge in [-0.25, -0.2) is 9.78 Å². The fourth-order valence-corrected chi connectivity index (χ4v) is 2.43. The number of ether oxygens (including phenoxy) is 1. The Kier molecular flexibility index (Phi) is 4.74. The Hall–Kier alpha value is -1.88. The Balaban J connectivity index is 2.41. The van der Waals surface area contributed by atoms with Gasteiger partial charge in [-0.05, 0) is 25.0 Å². The van der Waals surface area contributed by atoms with Crippen molar-refractivity contribution in [1.82, 2.24) is 9.55 Å². The van der Waals surface area contributed by atoms with Crippen LogP contribution in [0.5, 0.6) is 0 Å². The van der Waals surface area contributed by atoms with Crippen LogP contribution in [0.1, 0.15) is 35.9 Å². The Morgan fingerprint density at radius 2 is 2.20 bits per heavy atom. The molecule has 0 spiro atoms. The zero-order valence-corrected chi connectivity index (χ0v) is 11.9. The molecule has 108 valence electrons. The van der Waals surface area contributed by atoms with E-state index in [1.807, 2.05) is 17.6 Å². The summed E-state index contributed by atoms with van der Waals surface area (Å²) in [5.74, 6) is 0.0300. The first-order valence-corrected chi connectivity index (χ1v) is 6.89. The van der Waals surface area contributed by atoms with E-state index in [4.69, 9.17) is 4.74 Å². The maximum Gasteiger partial charge on any atom is 0.337 e. The van der Waals surface area contributed by atoms with Gasteiger partial charge in [-0.1, -0.05) is 13.0 Å². The molecule has 2 aromatic rings. The number of carbonyl (C=O) groups is 1. The molecule has 0 aliphatic rings. The summed E-state index contributed by atoms with van der Waals surface area (Å²) in [4.78, 5) is 15.9. The molecule has 2 rings (SSSR count). The highest BCUT2D eigenvalue weighted by atomic mass is 16.5. The van der Waals surface area contributed by atoms with Crippen molar-refractivity contribution in [3.8, 4) is 0 Å². The van der Waals surface area contributed by atoms with Crippen molar-refractivity contribution >= 4 is 17.0 Å². The van der Waals surface area contributed by atoms with E-state index in [2.05, 4.69) is 4.98 Å². The number of aryl methyl sites for hydroxylation is 2. The number of aromatic carboxylic acids is 1. The van der Waals surface area contributed by atoms with E-state index in [-0.39, 0.29) is 0 Å². The molecule has 0 aliphatic carbocycles. The van der Waals surface area contributed by atoms with Crippen LogP contribution in [0.4, 0.5) is 0 Å². The highest BCUT2D eigenvalue weighted by molar-refractivity contribution is 6.01. The SMILES string of the molecule is CCc1nc2cccc(C(=O)O)c2n1CCCCOC. The molecule has 0 unspecified atom stereocenters. The number of carboxylic acids is 1. The third-order valence-corrected chi connectivity index (χ3v) is 3.37. The summed E-state index contributed by atoms with van der Waals surface area (Å²) < 4.78 is 7.08. The van der Waals surface area contributed by atoms with Crippen molar-refractivity contribution in [2.75, 3.05) is 13.7 Å². The maximum atomic E-state index is 11.4. The zero-order chi connectivity index (χ0) is 14.5. The number of nitrogens with zero attached hydrogens (tertiary/aromatic N) is 2. The summed E-state index contributed by atoms with van der Waals surface area (Å²) >= 11 is 0. The lowest BCUT2D eigenvalue weighted by Crippen LogP contribution is -2.07. The molecule has 0 bridgehead atoms. The van der Waals surface area contributed by atoms with E-state index in [9.17, 15) is 9.90 Å². The minimum Gasteiger partial charge on any atom is -0.478 e. The Morgan fingerprint density at radius 3 is 2.85 bits per heavy atom. The van der Waals surface area contributed by atoms with Gasteiger partial charge in [0.25, 0.3) is 0 Å². The van der Waals surface area contributed by atoms with Crippen molar-refractivity contribution in [2.45, 2.75) is 32.7 Å². The molecule has 0 radical (unpaired) electrons. The molecular formula is C15H20N2O3. The second-order valence-electron chi connectivity index (χ2n) is 4.71. The summed E-state index contributed by atoms with van der Waals surface area (Å²) in [6, 6.07) is 5.25. The molecule has 5 nitrogen and oxygen atoms in total. The van der Waals surface area contributed by atoms with E-state index in [0.717, 1.165) is 49.3 Å². The predicted molar refractivity (Wildman–Crippen MR) is 77.2 cm³/mol. The molecule has 0 fully saturated rings. The second-order valence-corrected chi connectivity index (χ2v) is 4.71. The smallest absolute Gasteiger partial charge is 0.337 e. The molecule has 1 aromatic carbocycles. The van der Waals surface area contributed by atoms with Gasteiger partial charge in [-0.15, -0.1) is 0 Å². The van der Waals surface area contributed by atoms with Crippen LogP contribution < -0.4 is 0 Å². The summed E-state index contributed by atoms with van der Waals surface area (Å²) in [6.07, 6.45) is 2.69. The number of hydrogen-bond donors (Lipinski definition) is 1. The maximum absolute atomic E-state index is 11.4. The molecule has 0 saturated carbocycles. The molecule has 0 aliphatic heterocycles. The largest absolute Gasteiger partial charge is 0.478 e. The monoisotopic (exact) mass is 276 g/mol. The Bertz CT molecular complexity index is 604. The molecule has 1 N–H and O–H groups in total. The fraction of sp³-hybridized carbons (Fsp3) is 0.467. The number of fused-ring (bicyclic) bond motifs is 1. The number of imidazole rings is 1. The van der Waals surface area contributed by atoms with E-state index < -0.39 is 5.97 Å². The number of hydrogen-bond acceptors (Lipinski definition) is 3. The van der Waals surface area contributed by atoms with E-state index in [0.29, 0.717) is 5.56 Å². The second kappa shape index (κ2) is 6.52. The Labute approximate surface area is 118 Å². The summed E-state index contributed by atoms with van der Waals surface area (Å²) in [6.45, 7) is 3.53. The summed E-state index contributed by atoms with van der Waals surface area (Å²) in [7, 11) is 1.69. The van der Waals surface area contributed by atoms with Gasteiger partial charge in [0, 0.05) is 26.7 Å². The average Bonchev–Trinajstić information content (AvgIpc) is 2.81. The first-order chi connectivity index (χ1) is 9.69. The minimum atomic E-state index is -0.906. The van der Waals surface area contributed by atoms with Gasteiger partial charge in [0.2, 0.25) is 0 Å². The molecule has 1 aromatic heterocycles. The number of methoxy groups -OCH3 is 1. The van der Waals surface area contributed by atoms with Crippen LogP contribution >= 0.6 is 0 Å². The van der Waals surface area contributed by atoms with Gasteiger partial charge < -0.3 is 14.4 Å². The van der Waals surface area contributed by atoms with Gasteiger partial charge in [0.15, 0.2) is 0 Å². The molecule has 0 saturated heterocycles. The molecule has 1 heterocycles. The number of benzene rings is 1. The molecule has 0 amide bonds. The van der Waals surface area contributed by atoms with Gasteiger partial charge in [0.1, 0.15) is 5.82 Å². The lowest BCUT2D eigenvalue weighted by Gasteiger charge is -2.09. The van der Waals surface area contributed by atoms with E-state index >= 15 is 0 Å². The molecule has 5 heteroatoms. The number of unbranched alkanes of at least 4 members (excludes halogenated alkanes) is 1. The Morgan fingerprint density at radius 1 is 1.40 bits per heavy atom. The van der Waals surface area contributed by atoms with E-state index in [1.165, 1.54) is 0 Å². The quantitative estimate of drug-likeness (QED) is 0.790. The van der Waals surface area contributed by atoms with Gasteiger partial charge in [-0.2, -0.15) is 0 Å². The van der Waals surface area contributed by atoms with Gasteiger partial charge in [-0.3, -0.25) is 0 Å². The van der Waals surface area contributed by atoms with Crippen molar-refractivity contribution in [3.05, 3.63) is 29.6 Å². The van der Waals surface area contributed by atoms with Crippen LogP contribution in [0.3, 0.4) is 0 Å². The van der Waals surface area contributed by atoms with Crippen LogP contribution in [0, 0.1) is 0 Å². The average molecular weight is 276 g/mol. The van der Waals surface area contributed by atoms with Crippen molar-refractivity contribution in [3.63, 3.8) is 0 Å². The first kappa shape index (κ1) is 14.5. The van der Waals surface area contributed by atoms with Crippen LogP contribution in [0.25, 0.3) is 11.0 Å². The zero-order valence-electron chi connectivity index (χ0n) is 11.9. The molecular weight excluding hydrogens is 256 g/mol. The standard InChI is InChI=1S/C15H20N2O3/c1-3-13-16-12-8-6-7-11(15(18)19)14(12)17(13)9-4-5-10-20-2/h6-8H,3-5,9-10H2,1-2H3,(H,18,19). The van der Waals surface area contributed by atoms with Crippen LogP contribution in [-0.2, 0) is 17.7 Å².